The predicted octanol–water partition coefficient (Wildman–Crippen LogP) is 1.04. The van der Waals surface area contributed by atoms with Gasteiger partial charge in [0.2, 0.25) is 5.91 Å². The summed E-state index contributed by atoms with van der Waals surface area (Å²) in [7, 11) is 0. The summed E-state index contributed by atoms with van der Waals surface area (Å²) < 4.78 is 0. The van der Waals surface area contributed by atoms with Crippen LogP contribution in [0.3, 0.4) is 0 Å². The minimum Gasteiger partial charge on any atom is -0.480 e. The maximum Gasteiger partial charge on any atom is 0.323 e. The number of nitrogens with one attached hydrogen (secondary N) is 1. The zero-order valence-corrected chi connectivity index (χ0v) is 13.8. The van der Waals surface area contributed by atoms with Crippen LogP contribution in [0.2, 0.25) is 0 Å². The molecule has 1 aliphatic rings. The SMILES string of the molecule is CC(N[C@@H](C)C(=O)N(CC(=O)O)c1ccc2c(c1)CCC2)C(=O)O. The average Bonchev–Trinajstić information content (AvgIpc) is 2.98. The molecular formula is C17H22N2O5. The number of rotatable bonds is 7. The lowest BCUT2D eigenvalue weighted by Gasteiger charge is -2.26. The summed E-state index contributed by atoms with van der Waals surface area (Å²) in [4.78, 5) is 35.9. The van der Waals surface area contributed by atoms with Gasteiger partial charge in [0.25, 0.3) is 0 Å². The van der Waals surface area contributed by atoms with E-state index in [1.807, 2.05) is 12.1 Å². The van der Waals surface area contributed by atoms with Crippen LogP contribution in [-0.4, -0.2) is 46.7 Å². The number of carbonyl (C=O) groups excluding carboxylic acids is 1. The smallest absolute Gasteiger partial charge is 0.323 e. The van der Waals surface area contributed by atoms with Crippen LogP contribution in [0.25, 0.3) is 0 Å². The van der Waals surface area contributed by atoms with Gasteiger partial charge in [-0.15, -0.1) is 0 Å². The molecule has 7 heteroatoms. The molecule has 130 valence electrons. The number of nitrogens with zero attached hydrogens (tertiary/aromatic N) is 1. The second kappa shape index (κ2) is 7.44. The molecule has 1 aromatic carbocycles. The molecule has 1 aliphatic carbocycles. The fourth-order valence-corrected chi connectivity index (χ4v) is 2.91. The van der Waals surface area contributed by atoms with Crippen molar-refractivity contribution >= 4 is 23.5 Å². The molecule has 0 bridgehead atoms. The first-order valence-corrected chi connectivity index (χ1v) is 7.93. The van der Waals surface area contributed by atoms with Crippen molar-refractivity contribution in [2.45, 2.75) is 45.2 Å². The third kappa shape index (κ3) is 4.11. The predicted molar refractivity (Wildman–Crippen MR) is 88.2 cm³/mol. The molecule has 0 aromatic heterocycles. The molecule has 2 rings (SSSR count). The first-order chi connectivity index (χ1) is 11.3. The minimum atomic E-state index is -1.12. The van der Waals surface area contributed by atoms with Gasteiger partial charge in [0, 0.05) is 5.69 Å². The van der Waals surface area contributed by atoms with E-state index in [0.717, 1.165) is 24.8 Å². The Morgan fingerprint density at radius 1 is 1.12 bits per heavy atom. The van der Waals surface area contributed by atoms with E-state index >= 15 is 0 Å². The van der Waals surface area contributed by atoms with Crippen molar-refractivity contribution in [3.05, 3.63) is 29.3 Å². The molecule has 0 heterocycles. The molecule has 0 spiro atoms. The molecule has 1 amide bonds. The van der Waals surface area contributed by atoms with Crippen molar-refractivity contribution < 1.29 is 24.6 Å². The van der Waals surface area contributed by atoms with Crippen LogP contribution in [0.5, 0.6) is 0 Å². The molecule has 7 nitrogen and oxygen atoms in total. The Labute approximate surface area is 140 Å². The molecule has 1 unspecified atom stereocenters. The van der Waals surface area contributed by atoms with Gasteiger partial charge < -0.3 is 10.2 Å². The molecule has 0 saturated carbocycles. The highest BCUT2D eigenvalue weighted by Crippen LogP contribution is 2.27. The van der Waals surface area contributed by atoms with Gasteiger partial charge in [-0.2, -0.15) is 0 Å². The number of benzene rings is 1. The van der Waals surface area contributed by atoms with Crippen LogP contribution >= 0.6 is 0 Å². The van der Waals surface area contributed by atoms with E-state index in [2.05, 4.69) is 5.32 Å². The first-order valence-electron chi connectivity index (χ1n) is 7.93. The first kappa shape index (κ1) is 17.9. The number of hydrogen-bond acceptors (Lipinski definition) is 4. The van der Waals surface area contributed by atoms with Gasteiger partial charge in [-0.25, -0.2) is 0 Å². The number of carboxylic acid groups (broad SMARTS) is 2. The summed E-state index contributed by atoms with van der Waals surface area (Å²) >= 11 is 0. The lowest BCUT2D eigenvalue weighted by molar-refractivity contribution is -0.140. The van der Waals surface area contributed by atoms with Crippen LogP contribution in [0.4, 0.5) is 5.69 Å². The van der Waals surface area contributed by atoms with E-state index in [4.69, 9.17) is 10.2 Å². The summed E-state index contributed by atoms with van der Waals surface area (Å²) in [6.45, 7) is 2.50. The largest absolute Gasteiger partial charge is 0.480 e. The monoisotopic (exact) mass is 334 g/mol. The third-order valence-corrected chi connectivity index (χ3v) is 4.19. The Bertz CT molecular complexity index is 658. The second-order valence-electron chi connectivity index (χ2n) is 6.07. The number of carboxylic acids is 2. The average molecular weight is 334 g/mol. The molecule has 0 radical (unpaired) electrons. The maximum atomic E-state index is 12.6. The number of aliphatic carboxylic acids is 2. The number of fused-ring (bicyclic) bond motifs is 1. The lowest BCUT2D eigenvalue weighted by atomic mass is 10.1. The van der Waals surface area contributed by atoms with Crippen LogP contribution in [0.1, 0.15) is 31.4 Å². The zero-order chi connectivity index (χ0) is 17.9. The van der Waals surface area contributed by atoms with Crippen molar-refractivity contribution in [1.29, 1.82) is 0 Å². The fraction of sp³-hybridized carbons (Fsp3) is 0.471. The summed E-state index contributed by atoms with van der Waals surface area (Å²) in [6, 6.07) is 3.81. The number of anilines is 1. The topological polar surface area (TPSA) is 107 Å². The summed E-state index contributed by atoms with van der Waals surface area (Å²) in [5.74, 6) is -2.66. The van der Waals surface area contributed by atoms with E-state index in [9.17, 15) is 14.4 Å². The molecular weight excluding hydrogens is 312 g/mol. The van der Waals surface area contributed by atoms with Gasteiger partial charge in [0.1, 0.15) is 12.6 Å². The Balaban J connectivity index is 2.22. The van der Waals surface area contributed by atoms with Crippen molar-refractivity contribution in [3.8, 4) is 0 Å². The van der Waals surface area contributed by atoms with Gasteiger partial charge in [-0.1, -0.05) is 6.07 Å². The van der Waals surface area contributed by atoms with Gasteiger partial charge in [0.15, 0.2) is 0 Å². The molecule has 0 saturated heterocycles. The van der Waals surface area contributed by atoms with E-state index in [-0.39, 0.29) is 0 Å². The van der Waals surface area contributed by atoms with Crippen molar-refractivity contribution in [2.24, 2.45) is 0 Å². The number of aryl methyl sites for hydroxylation is 2. The Hall–Kier alpha value is -2.41. The normalized spacial score (nSPS) is 15.4. The Kier molecular flexibility index (Phi) is 5.56. The number of carbonyl (C=O) groups is 3. The van der Waals surface area contributed by atoms with Crippen LogP contribution in [0.15, 0.2) is 18.2 Å². The number of hydrogen-bond donors (Lipinski definition) is 3. The third-order valence-electron chi connectivity index (χ3n) is 4.19. The van der Waals surface area contributed by atoms with Gasteiger partial charge in [0.05, 0.1) is 6.04 Å². The number of amides is 1. The lowest BCUT2D eigenvalue weighted by Crippen LogP contribution is -2.51. The van der Waals surface area contributed by atoms with E-state index in [0.29, 0.717) is 5.69 Å². The standard InChI is InChI=1S/C17H22N2O5/c1-10(18-11(2)17(23)24)16(22)19(9-15(20)21)14-7-6-12-4-3-5-13(12)8-14/h6-8,10-11,18H,3-5,9H2,1-2H3,(H,20,21)(H,23,24)/t10-,11?/m0/s1. The van der Waals surface area contributed by atoms with Crippen molar-refractivity contribution in [3.63, 3.8) is 0 Å². The maximum absolute atomic E-state index is 12.6. The highest BCUT2D eigenvalue weighted by atomic mass is 16.4. The van der Waals surface area contributed by atoms with E-state index in [1.54, 1.807) is 6.07 Å². The van der Waals surface area contributed by atoms with Crippen LogP contribution in [0, 0.1) is 0 Å². The zero-order valence-electron chi connectivity index (χ0n) is 13.8. The molecule has 0 aliphatic heterocycles. The Morgan fingerprint density at radius 3 is 2.42 bits per heavy atom. The summed E-state index contributed by atoms with van der Waals surface area (Å²) in [5, 5.41) is 20.7. The molecule has 24 heavy (non-hydrogen) atoms. The van der Waals surface area contributed by atoms with E-state index < -0.39 is 36.5 Å². The molecule has 2 atom stereocenters. The second-order valence-corrected chi connectivity index (χ2v) is 6.07. The summed E-state index contributed by atoms with van der Waals surface area (Å²) in [5.41, 5.74) is 2.89. The highest BCUT2D eigenvalue weighted by molar-refractivity contribution is 6.00. The Morgan fingerprint density at radius 2 is 1.79 bits per heavy atom. The van der Waals surface area contributed by atoms with Gasteiger partial charge in [-0.05, 0) is 56.4 Å². The molecule has 3 N–H and O–H groups in total. The highest BCUT2D eigenvalue weighted by Gasteiger charge is 2.27. The van der Waals surface area contributed by atoms with Crippen LogP contribution < -0.4 is 10.2 Å². The minimum absolute atomic E-state index is 0.467. The van der Waals surface area contributed by atoms with Crippen LogP contribution in [-0.2, 0) is 27.2 Å². The quantitative estimate of drug-likeness (QED) is 0.688. The molecule has 1 aromatic rings. The van der Waals surface area contributed by atoms with E-state index in [1.165, 1.54) is 24.3 Å². The van der Waals surface area contributed by atoms with Crippen molar-refractivity contribution in [2.75, 3.05) is 11.4 Å². The van der Waals surface area contributed by atoms with Crippen molar-refractivity contribution in [1.82, 2.24) is 5.32 Å². The van der Waals surface area contributed by atoms with Gasteiger partial charge >= 0.3 is 11.9 Å². The molecule has 0 fully saturated rings. The van der Waals surface area contributed by atoms with Gasteiger partial charge in [-0.3, -0.25) is 24.6 Å². The summed E-state index contributed by atoms with van der Waals surface area (Å²) in [6.07, 6.45) is 2.97. The fourth-order valence-electron chi connectivity index (χ4n) is 2.91.